The molecule has 0 radical (unpaired) electrons. The number of aromatic hydroxyl groups is 1. The van der Waals surface area contributed by atoms with E-state index < -0.39 is 0 Å². The number of carbonyl (C=O) groups is 1. The fourth-order valence-corrected chi connectivity index (χ4v) is 1.69. The molecular weight excluding hydrogens is 180 g/mol. The van der Waals surface area contributed by atoms with Crippen molar-refractivity contribution in [3.05, 3.63) is 23.3 Å². The summed E-state index contributed by atoms with van der Waals surface area (Å²) in [5.41, 5.74) is 1.32. The average molecular weight is 192 g/mol. The van der Waals surface area contributed by atoms with E-state index in [0.717, 1.165) is 18.4 Å². The first-order valence-corrected chi connectivity index (χ1v) is 4.68. The number of benzene rings is 1. The van der Waals surface area contributed by atoms with Crippen molar-refractivity contribution < 1.29 is 14.6 Å². The molecule has 14 heavy (non-hydrogen) atoms. The molecule has 0 fully saturated rings. The lowest BCUT2D eigenvalue weighted by Crippen LogP contribution is -2.09. The molecule has 3 heteroatoms. The first kappa shape index (κ1) is 9.06. The standard InChI is InChI=1S/C11H12O3/c1-7(12)9-5-4-8-3-2-6-14-11(8)10(9)13/h4-5,13H,2-3,6H2,1H3. The number of fused-ring (bicyclic) bond motifs is 1. The quantitative estimate of drug-likeness (QED) is 0.691. The van der Waals surface area contributed by atoms with Crippen molar-refractivity contribution >= 4 is 5.78 Å². The van der Waals surface area contributed by atoms with Crippen LogP contribution in [-0.4, -0.2) is 17.5 Å². The van der Waals surface area contributed by atoms with E-state index in [4.69, 9.17) is 4.74 Å². The monoisotopic (exact) mass is 192 g/mol. The van der Waals surface area contributed by atoms with Crippen LogP contribution >= 0.6 is 0 Å². The van der Waals surface area contributed by atoms with Crippen molar-refractivity contribution in [3.63, 3.8) is 0 Å². The number of phenols is 1. The Bertz CT molecular complexity index is 382. The van der Waals surface area contributed by atoms with Crippen LogP contribution in [0.3, 0.4) is 0 Å². The molecule has 1 N–H and O–H groups in total. The molecule has 0 spiro atoms. The third kappa shape index (κ3) is 1.35. The minimum atomic E-state index is -0.139. The first-order valence-electron chi connectivity index (χ1n) is 4.68. The summed E-state index contributed by atoms with van der Waals surface area (Å²) >= 11 is 0. The Balaban J connectivity index is 2.54. The van der Waals surface area contributed by atoms with Crippen LogP contribution in [0.15, 0.2) is 12.1 Å². The SMILES string of the molecule is CC(=O)c1ccc2c(c1O)OCCC2. The maximum atomic E-state index is 11.1. The molecule has 0 saturated heterocycles. The van der Waals surface area contributed by atoms with Gasteiger partial charge in [0.15, 0.2) is 17.3 Å². The number of ketones is 1. The minimum Gasteiger partial charge on any atom is -0.504 e. The van der Waals surface area contributed by atoms with E-state index in [1.165, 1.54) is 6.92 Å². The van der Waals surface area contributed by atoms with Crippen LogP contribution < -0.4 is 4.74 Å². The van der Waals surface area contributed by atoms with Crippen LogP contribution in [0, 0.1) is 0 Å². The number of rotatable bonds is 1. The second kappa shape index (κ2) is 3.33. The van der Waals surface area contributed by atoms with E-state index in [2.05, 4.69) is 0 Å². The molecule has 1 aliphatic rings. The zero-order valence-corrected chi connectivity index (χ0v) is 8.04. The van der Waals surface area contributed by atoms with E-state index in [1.807, 2.05) is 6.07 Å². The molecule has 0 aromatic heterocycles. The second-order valence-electron chi connectivity index (χ2n) is 3.46. The summed E-state index contributed by atoms with van der Waals surface area (Å²) in [5.74, 6) is 0.345. The predicted molar refractivity (Wildman–Crippen MR) is 51.9 cm³/mol. The summed E-state index contributed by atoms with van der Waals surface area (Å²) in [5, 5.41) is 9.76. The molecule has 1 aromatic rings. The Morgan fingerprint density at radius 2 is 2.29 bits per heavy atom. The molecular formula is C11H12O3. The Kier molecular flexibility index (Phi) is 2.15. The number of ether oxygens (including phenoxy) is 1. The number of Topliss-reactive ketones (excluding diaryl/α,β-unsaturated/α-hetero) is 1. The number of phenolic OH excluding ortho intramolecular Hbond substituents is 1. The fourth-order valence-electron chi connectivity index (χ4n) is 1.69. The van der Waals surface area contributed by atoms with Crippen LogP contribution in [0.4, 0.5) is 0 Å². The molecule has 3 nitrogen and oxygen atoms in total. The third-order valence-electron chi connectivity index (χ3n) is 2.43. The second-order valence-corrected chi connectivity index (χ2v) is 3.46. The van der Waals surface area contributed by atoms with Crippen molar-refractivity contribution in [1.29, 1.82) is 0 Å². The van der Waals surface area contributed by atoms with Crippen LogP contribution in [0.2, 0.25) is 0 Å². The number of hydrogen-bond acceptors (Lipinski definition) is 3. The highest BCUT2D eigenvalue weighted by Gasteiger charge is 2.18. The molecule has 0 amide bonds. The first-order chi connectivity index (χ1) is 6.70. The molecule has 1 heterocycles. The number of carbonyl (C=O) groups excluding carboxylic acids is 1. The van der Waals surface area contributed by atoms with E-state index in [9.17, 15) is 9.90 Å². The predicted octanol–water partition coefficient (Wildman–Crippen LogP) is 1.92. The van der Waals surface area contributed by atoms with Crippen molar-refractivity contribution in [2.24, 2.45) is 0 Å². The van der Waals surface area contributed by atoms with Crippen LogP contribution in [0.25, 0.3) is 0 Å². The van der Waals surface area contributed by atoms with Crippen LogP contribution in [-0.2, 0) is 6.42 Å². The van der Waals surface area contributed by atoms with Crippen molar-refractivity contribution in [1.82, 2.24) is 0 Å². The molecule has 1 aliphatic heterocycles. The average Bonchev–Trinajstić information content (AvgIpc) is 2.18. The lowest BCUT2D eigenvalue weighted by Gasteiger charge is -2.19. The van der Waals surface area contributed by atoms with Crippen LogP contribution in [0.1, 0.15) is 29.3 Å². The smallest absolute Gasteiger partial charge is 0.168 e. The van der Waals surface area contributed by atoms with Gasteiger partial charge < -0.3 is 9.84 Å². The number of aryl methyl sites for hydroxylation is 1. The highest BCUT2D eigenvalue weighted by Crippen LogP contribution is 2.36. The van der Waals surface area contributed by atoms with Gasteiger partial charge in [0, 0.05) is 0 Å². The van der Waals surface area contributed by atoms with Crippen LogP contribution in [0.5, 0.6) is 11.5 Å². The maximum Gasteiger partial charge on any atom is 0.168 e. The van der Waals surface area contributed by atoms with Gasteiger partial charge in [-0.2, -0.15) is 0 Å². The van der Waals surface area contributed by atoms with Gasteiger partial charge in [-0.15, -0.1) is 0 Å². The van der Waals surface area contributed by atoms with Gasteiger partial charge in [-0.1, -0.05) is 6.07 Å². The molecule has 2 rings (SSSR count). The Morgan fingerprint density at radius 3 is 3.00 bits per heavy atom. The summed E-state index contributed by atoms with van der Waals surface area (Å²) < 4.78 is 5.34. The summed E-state index contributed by atoms with van der Waals surface area (Å²) in [6.45, 7) is 2.05. The van der Waals surface area contributed by atoms with Crippen molar-refractivity contribution in [3.8, 4) is 11.5 Å². The lowest BCUT2D eigenvalue weighted by molar-refractivity contribution is 0.101. The summed E-state index contributed by atoms with van der Waals surface area (Å²) in [7, 11) is 0. The number of hydrogen-bond donors (Lipinski definition) is 1. The van der Waals surface area contributed by atoms with Gasteiger partial charge in [-0.05, 0) is 31.4 Å². The van der Waals surface area contributed by atoms with Crippen molar-refractivity contribution in [2.75, 3.05) is 6.61 Å². The van der Waals surface area contributed by atoms with E-state index in [1.54, 1.807) is 6.07 Å². The highest BCUT2D eigenvalue weighted by atomic mass is 16.5. The molecule has 0 aliphatic carbocycles. The molecule has 0 saturated carbocycles. The van der Waals surface area contributed by atoms with Gasteiger partial charge in [0.25, 0.3) is 0 Å². The molecule has 0 bridgehead atoms. The maximum absolute atomic E-state index is 11.1. The van der Waals surface area contributed by atoms with E-state index >= 15 is 0 Å². The van der Waals surface area contributed by atoms with E-state index in [0.29, 0.717) is 17.9 Å². The van der Waals surface area contributed by atoms with Crippen molar-refractivity contribution in [2.45, 2.75) is 19.8 Å². The van der Waals surface area contributed by atoms with Gasteiger partial charge in [-0.3, -0.25) is 4.79 Å². The fraction of sp³-hybridized carbons (Fsp3) is 0.364. The summed E-state index contributed by atoms with van der Waals surface area (Å²) in [6, 6.07) is 3.51. The Labute approximate surface area is 82.3 Å². The Morgan fingerprint density at radius 1 is 1.50 bits per heavy atom. The third-order valence-corrected chi connectivity index (χ3v) is 2.43. The summed E-state index contributed by atoms with van der Waals surface area (Å²) in [6.07, 6.45) is 1.87. The molecule has 1 aromatic carbocycles. The lowest BCUT2D eigenvalue weighted by atomic mass is 10.0. The zero-order chi connectivity index (χ0) is 10.1. The van der Waals surface area contributed by atoms with Gasteiger partial charge in [0.05, 0.1) is 12.2 Å². The molecule has 0 atom stereocenters. The topological polar surface area (TPSA) is 46.5 Å². The highest BCUT2D eigenvalue weighted by molar-refractivity contribution is 5.97. The normalized spacial score (nSPS) is 14.4. The zero-order valence-electron chi connectivity index (χ0n) is 8.04. The van der Waals surface area contributed by atoms with E-state index in [-0.39, 0.29) is 11.5 Å². The minimum absolute atomic E-state index is 0.00491. The molecule has 74 valence electrons. The van der Waals surface area contributed by atoms with Gasteiger partial charge in [-0.25, -0.2) is 0 Å². The molecule has 0 unspecified atom stereocenters. The van der Waals surface area contributed by atoms with Gasteiger partial charge in [0.1, 0.15) is 0 Å². The largest absolute Gasteiger partial charge is 0.504 e. The van der Waals surface area contributed by atoms with Gasteiger partial charge >= 0.3 is 0 Å². The van der Waals surface area contributed by atoms with Gasteiger partial charge in [0.2, 0.25) is 0 Å². The summed E-state index contributed by atoms with van der Waals surface area (Å²) in [4.78, 5) is 11.1. The Hall–Kier alpha value is -1.51.